The Morgan fingerprint density at radius 3 is 2.50 bits per heavy atom. The molecule has 0 aromatic heterocycles. The van der Waals surface area contributed by atoms with Gasteiger partial charge in [0.15, 0.2) is 5.96 Å². The highest BCUT2D eigenvalue weighted by Crippen LogP contribution is 2.43. The lowest BCUT2D eigenvalue weighted by molar-refractivity contribution is 0.253. The molecule has 1 aliphatic rings. The zero-order valence-corrected chi connectivity index (χ0v) is 15.2. The average molecular weight is 415 g/mol. The molecule has 1 aliphatic carbocycles. The third-order valence-corrected chi connectivity index (χ3v) is 4.01. The number of hydrogen-bond donors (Lipinski definition) is 2. The highest BCUT2D eigenvalue weighted by Gasteiger charge is 2.38. The Kier molecular flexibility index (Phi) is 7.66. The van der Waals surface area contributed by atoms with Crippen LogP contribution in [-0.4, -0.2) is 25.6 Å². The summed E-state index contributed by atoms with van der Waals surface area (Å²) in [6, 6.07) is 6.82. The molecule has 1 saturated carbocycles. The van der Waals surface area contributed by atoms with Gasteiger partial charge < -0.3 is 10.6 Å². The highest BCUT2D eigenvalue weighted by atomic mass is 127. The number of aliphatic imine (C=N–C) groups is 1. The molecule has 0 heterocycles. The Morgan fingerprint density at radius 2 is 2.00 bits per heavy atom. The average Bonchev–Trinajstić information content (AvgIpc) is 2.45. The van der Waals surface area contributed by atoms with Crippen LogP contribution in [0.5, 0.6) is 0 Å². The van der Waals surface area contributed by atoms with E-state index in [9.17, 15) is 4.39 Å². The molecule has 22 heavy (non-hydrogen) atoms. The monoisotopic (exact) mass is 415 g/mol. The van der Waals surface area contributed by atoms with Crippen LogP contribution < -0.4 is 10.6 Å². The second-order valence-electron chi connectivity index (χ2n) is 5.39. The summed E-state index contributed by atoms with van der Waals surface area (Å²) >= 11 is 0. The number of guanidine groups is 1. The van der Waals surface area contributed by atoms with E-state index in [0.29, 0.717) is 13.1 Å². The molecular formula is C17H23FIN3. The zero-order valence-electron chi connectivity index (χ0n) is 12.9. The predicted molar refractivity (Wildman–Crippen MR) is 100 cm³/mol. The van der Waals surface area contributed by atoms with Crippen LogP contribution in [0.1, 0.15) is 31.7 Å². The van der Waals surface area contributed by atoms with Gasteiger partial charge in [-0.15, -0.1) is 30.4 Å². The predicted octanol–water partition coefficient (Wildman–Crippen LogP) is 3.05. The third kappa shape index (κ3) is 4.60. The Bertz CT molecular complexity index is 530. The molecule has 0 saturated heterocycles. The van der Waals surface area contributed by atoms with Crippen LogP contribution in [0.4, 0.5) is 4.39 Å². The number of benzene rings is 1. The molecule has 0 atom stereocenters. The Hall–Kier alpha value is -1.29. The van der Waals surface area contributed by atoms with Crippen LogP contribution >= 0.6 is 24.0 Å². The molecule has 0 aliphatic heterocycles. The Balaban J connectivity index is 0.00000242. The van der Waals surface area contributed by atoms with Gasteiger partial charge >= 0.3 is 0 Å². The van der Waals surface area contributed by atoms with Crippen molar-refractivity contribution in [3.63, 3.8) is 0 Å². The molecule has 1 aromatic carbocycles. The first-order valence-electron chi connectivity index (χ1n) is 7.42. The molecule has 0 radical (unpaired) electrons. The van der Waals surface area contributed by atoms with Crippen LogP contribution in [-0.2, 0) is 5.41 Å². The highest BCUT2D eigenvalue weighted by molar-refractivity contribution is 14.0. The standard InChI is InChI=1S/C17H22FN3.HI/c1-3-12-20-16(19-4-2)21-13-17(10-5-11-17)14-6-8-15(18)9-7-14;/h1,6-9H,4-5,10-13H2,2H3,(H2,19,20,21);1H. The normalized spacial score (nSPS) is 16.0. The summed E-state index contributed by atoms with van der Waals surface area (Å²) in [5, 5.41) is 6.28. The number of terminal acetylenes is 1. The van der Waals surface area contributed by atoms with Crippen molar-refractivity contribution in [1.82, 2.24) is 10.6 Å². The van der Waals surface area contributed by atoms with Crippen molar-refractivity contribution >= 4 is 29.9 Å². The van der Waals surface area contributed by atoms with Crippen molar-refractivity contribution in [1.29, 1.82) is 0 Å². The van der Waals surface area contributed by atoms with Gasteiger partial charge in [0.25, 0.3) is 0 Å². The SMILES string of the molecule is C#CCNC(=NCC1(c2ccc(F)cc2)CCC1)NCC.I. The van der Waals surface area contributed by atoms with Gasteiger partial charge in [0.05, 0.1) is 13.1 Å². The van der Waals surface area contributed by atoms with Crippen molar-refractivity contribution in [2.45, 2.75) is 31.6 Å². The number of hydrogen-bond acceptors (Lipinski definition) is 1. The van der Waals surface area contributed by atoms with E-state index in [-0.39, 0.29) is 35.2 Å². The summed E-state index contributed by atoms with van der Waals surface area (Å²) in [7, 11) is 0. The zero-order chi connectivity index (χ0) is 15.1. The van der Waals surface area contributed by atoms with E-state index in [1.807, 2.05) is 19.1 Å². The van der Waals surface area contributed by atoms with E-state index < -0.39 is 0 Å². The number of nitrogens with zero attached hydrogens (tertiary/aromatic N) is 1. The van der Waals surface area contributed by atoms with Gasteiger partial charge in [0.1, 0.15) is 5.82 Å². The third-order valence-electron chi connectivity index (χ3n) is 4.01. The minimum absolute atomic E-state index is 0. The summed E-state index contributed by atoms with van der Waals surface area (Å²) in [4.78, 5) is 4.65. The largest absolute Gasteiger partial charge is 0.357 e. The summed E-state index contributed by atoms with van der Waals surface area (Å²) in [5.74, 6) is 3.09. The van der Waals surface area contributed by atoms with Crippen LogP contribution in [0.15, 0.2) is 29.3 Å². The van der Waals surface area contributed by atoms with E-state index in [1.54, 1.807) is 0 Å². The first-order valence-corrected chi connectivity index (χ1v) is 7.42. The lowest BCUT2D eigenvalue weighted by atomic mass is 9.64. The number of rotatable bonds is 5. The van der Waals surface area contributed by atoms with Crippen LogP contribution in [0.2, 0.25) is 0 Å². The quantitative estimate of drug-likeness (QED) is 0.336. The Labute approximate surface area is 149 Å². The van der Waals surface area contributed by atoms with Crippen LogP contribution in [0, 0.1) is 18.2 Å². The van der Waals surface area contributed by atoms with E-state index >= 15 is 0 Å². The molecule has 2 N–H and O–H groups in total. The molecule has 120 valence electrons. The topological polar surface area (TPSA) is 36.4 Å². The molecule has 1 fully saturated rings. The van der Waals surface area contributed by atoms with Crippen molar-refractivity contribution in [2.75, 3.05) is 19.6 Å². The molecule has 0 bridgehead atoms. The molecule has 3 nitrogen and oxygen atoms in total. The summed E-state index contributed by atoms with van der Waals surface area (Å²) < 4.78 is 13.1. The van der Waals surface area contributed by atoms with Gasteiger partial charge in [-0.05, 0) is 37.5 Å². The molecular weight excluding hydrogens is 392 g/mol. The van der Waals surface area contributed by atoms with Crippen molar-refractivity contribution in [2.24, 2.45) is 4.99 Å². The van der Waals surface area contributed by atoms with E-state index in [4.69, 9.17) is 6.42 Å². The van der Waals surface area contributed by atoms with Gasteiger partial charge in [-0.1, -0.05) is 24.5 Å². The minimum atomic E-state index is -0.194. The van der Waals surface area contributed by atoms with Crippen LogP contribution in [0.3, 0.4) is 0 Å². The lowest BCUT2D eigenvalue weighted by Gasteiger charge is -2.41. The second kappa shape index (κ2) is 8.99. The van der Waals surface area contributed by atoms with Gasteiger partial charge in [0, 0.05) is 12.0 Å². The van der Waals surface area contributed by atoms with Crippen molar-refractivity contribution in [3.05, 3.63) is 35.6 Å². The number of nitrogens with one attached hydrogen (secondary N) is 2. The molecule has 5 heteroatoms. The van der Waals surface area contributed by atoms with Gasteiger partial charge in [-0.25, -0.2) is 4.39 Å². The molecule has 1 aromatic rings. The van der Waals surface area contributed by atoms with Gasteiger partial charge in [-0.3, -0.25) is 4.99 Å². The summed E-state index contributed by atoms with van der Waals surface area (Å²) in [6.45, 7) is 3.96. The van der Waals surface area contributed by atoms with Crippen molar-refractivity contribution < 1.29 is 4.39 Å². The maximum atomic E-state index is 13.1. The fourth-order valence-electron chi connectivity index (χ4n) is 2.65. The molecule has 0 unspecified atom stereocenters. The molecule has 2 rings (SSSR count). The van der Waals surface area contributed by atoms with Gasteiger partial charge in [-0.2, -0.15) is 0 Å². The fraction of sp³-hybridized carbons (Fsp3) is 0.471. The minimum Gasteiger partial charge on any atom is -0.357 e. The molecule has 0 spiro atoms. The molecule has 0 amide bonds. The lowest BCUT2D eigenvalue weighted by Crippen LogP contribution is -2.41. The number of halogens is 2. The smallest absolute Gasteiger partial charge is 0.192 e. The van der Waals surface area contributed by atoms with E-state index in [0.717, 1.165) is 25.3 Å². The van der Waals surface area contributed by atoms with E-state index in [2.05, 4.69) is 21.5 Å². The first-order chi connectivity index (χ1) is 10.2. The Morgan fingerprint density at radius 1 is 1.32 bits per heavy atom. The van der Waals surface area contributed by atoms with Crippen LogP contribution in [0.25, 0.3) is 0 Å². The maximum absolute atomic E-state index is 13.1. The maximum Gasteiger partial charge on any atom is 0.192 e. The summed E-state index contributed by atoms with van der Waals surface area (Å²) in [5.41, 5.74) is 1.22. The van der Waals surface area contributed by atoms with E-state index in [1.165, 1.54) is 24.1 Å². The van der Waals surface area contributed by atoms with Gasteiger partial charge in [0.2, 0.25) is 0 Å². The fourth-order valence-corrected chi connectivity index (χ4v) is 2.65. The van der Waals surface area contributed by atoms with Crippen molar-refractivity contribution in [3.8, 4) is 12.3 Å². The first kappa shape index (κ1) is 18.8. The second-order valence-corrected chi connectivity index (χ2v) is 5.39. The summed E-state index contributed by atoms with van der Waals surface area (Å²) in [6.07, 6.45) is 8.65.